The summed E-state index contributed by atoms with van der Waals surface area (Å²) in [4.78, 5) is 34.9. The average Bonchev–Trinajstić information content (AvgIpc) is 3.06. The Morgan fingerprint density at radius 3 is 2.83 bits per heavy atom. The number of hydrogen-bond donors (Lipinski definition) is 2. The Kier molecular flexibility index (Phi) is 6.60. The molecule has 3 amide bonds. The first-order valence-electron chi connectivity index (χ1n) is 8.03. The Bertz CT molecular complexity index is 594. The lowest BCUT2D eigenvalue weighted by Gasteiger charge is -2.29. The van der Waals surface area contributed by atoms with E-state index in [1.165, 1.54) is 18.8 Å². The zero-order chi connectivity index (χ0) is 17.4. The molecule has 2 rings (SSSR count). The summed E-state index contributed by atoms with van der Waals surface area (Å²) < 4.78 is 9.77. The van der Waals surface area contributed by atoms with Gasteiger partial charge in [0.05, 0.1) is 6.26 Å². The van der Waals surface area contributed by atoms with Crippen molar-refractivity contribution < 1.29 is 23.5 Å². The lowest BCUT2D eigenvalue weighted by atomic mass is 9.86. The summed E-state index contributed by atoms with van der Waals surface area (Å²) in [5, 5.41) is 4.96. The predicted octanol–water partition coefficient (Wildman–Crippen LogP) is 2.24. The van der Waals surface area contributed by atoms with Crippen LogP contribution in [0.1, 0.15) is 38.4 Å². The highest BCUT2D eigenvalue weighted by Gasteiger charge is 2.23. The number of urea groups is 1. The number of amides is 3. The molecular formula is C17H22N2O5. The molecule has 7 nitrogen and oxygen atoms in total. The highest BCUT2D eigenvalue weighted by atomic mass is 16.5. The van der Waals surface area contributed by atoms with E-state index in [1.807, 2.05) is 0 Å². The number of nitrogens with one attached hydrogen (secondary N) is 2. The van der Waals surface area contributed by atoms with Crippen molar-refractivity contribution in [2.24, 2.45) is 5.92 Å². The van der Waals surface area contributed by atoms with E-state index in [1.54, 1.807) is 12.1 Å². The first-order chi connectivity index (χ1) is 11.5. The zero-order valence-corrected chi connectivity index (χ0v) is 13.6. The van der Waals surface area contributed by atoms with E-state index < -0.39 is 24.5 Å². The summed E-state index contributed by atoms with van der Waals surface area (Å²) in [5.41, 5.74) is 0. The second-order valence-electron chi connectivity index (χ2n) is 5.85. The van der Waals surface area contributed by atoms with Gasteiger partial charge < -0.3 is 14.5 Å². The third kappa shape index (κ3) is 5.91. The molecule has 2 N–H and O–H groups in total. The topological polar surface area (TPSA) is 97.6 Å². The molecule has 1 aromatic rings. The largest absolute Gasteiger partial charge is 0.465 e. The Balaban J connectivity index is 1.66. The van der Waals surface area contributed by atoms with Crippen molar-refractivity contribution in [2.45, 2.75) is 38.6 Å². The fourth-order valence-corrected chi connectivity index (χ4v) is 2.62. The maximum absolute atomic E-state index is 11.8. The number of rotatable bonds is 5. The lowest BCUT2D eigenvalue weighted by Crippen LogP contribution is -2.48. The molecule has 0 saturated heterocycles. The molecule has 1 saturated carbocycles. The maximum Gasteiger partial charge on any atom is 0.331 e. The first kappa shape index (κ1) is 17.8. The van der Waals surface area contributed by atoms with Gasteiger partial charge in [0.1, 0.15) is 5.76 Å². The van der Waals surface area contributed by atoms with Crippen molar-refractivity contribution in [3.8, 4) is 0 Å². The monoisotopic (exact) mass is 334 g/mol. The standard InChI is InChI=1S/C17H22N2O5/c1-12-5-2-3-7-14(12)18-17(22)19-15(20)11-24-16(21)9-8-13-6-4-10-23-13/h4,6,8-10,12,14H,2-3,5,7,11H2,1H3,(H2,18,19,20,22)/b9-8+/t12-,14-/m0/s1. The second-order valence-corrected chi connectivity index (χ2v) is 5.85. The molecule has 1 heterocycles. The molecule has 0 unspecified atom stereocenters. The van der Waals surface area contributed by atoms with Crippen LogP contribution in [0.15, 0.2) is 28.9 Å². The number of imide groups is 1. The molecule has 1 aromatic heterocycles. The fourth-order valence-electron chi connectivity index (χ4n) is 2.62. The lowest BCUT2D eigenvalue weighted by molar-refractivity contribution is -0.143. The number of esters is 1. The van der Waals surface area contributed by atoms with Gasteiger partial charge in [-0.2, -0.15) is 0 Å². The molecule has 2 atom stereocenters. The Labute approximate surface area is 140 Å². The molecule has 0 bridgehead atoms. The van der Waals surface area contributed by atoms with E-state index in [2.05, 4.69) is 17.6 Å². The molecule has 24 heavy (non-hydrogen) atoms. The molecule has 0 spiro atoms. The molecule has 0 radical (unpaired) electrons. The summed E-state index contributed by atoms with van der Waals surface area (Å²) in [6, 6.07) is 2.88. The molecule has 130 valence electrons. The second kappa shape index (κ2) is 8.90. The van der Waals surface area contributed by atoms with E-state index in [9.17, 15) is 14.4 Å². The molecule has 1 aliphatic rings. The van der Waals surface area contributed by atoms with E-state index in [-0.39, 0.29) is 6.04 Å². The Hall–Kier alpha value is -2.57. The number of ether oxygens (including phenoxy) is 1. The minimum atomic E-state index is -0.692. The van der Waals surface area contributed by atoms with Gasteiger partial charge in [-0.25, -0.2) is 9.59 Å². The minimum Gasteiger partial charge on any atom is -0.465 e. The van der Waals surface area contributed by atoms with Crippen molar-refractivity contribution >= 4 is 24.0 Å². The summed E-state index contributed by atoms with van der Waals surface area (Å²) in [6.45, 7) is 1.56. The molecule has 0 aromatic carbocycles. The summed E-state index contributed by atoms with van der Waals surface area (Å²) in [6.07, 6.45) is 8.27. The zero-order valence-electron chi connectivity index (χ0n) is 13.6. The van der Waals surface area contributed by atoms with E-state index in [0.29, 0.717) is 11.7 Å². The smallest absolute Gasteiger partial charge is 0.331 e. The van der Waals surface area contributed by atoms with Crippen LogP contribution in [0.4, 0.5) is 4.79 Å². The van der Waals surface area contributed by atoms with Gasteiger partial charge in [0, 0.05) is 12.1 Å². The van der Waals surface area contributed by atoms with Gasteiger partial charge in [0.25, 0.3) is 5.91 Å². The predicted molar refractivity (Wildman–Crippen MR) is 86.8 cm³/mol. The van der Waals surface area contributed by atoms with Gasteiger partial charge in [-0.1, -0.05) is 19.8 Å². The van der Waals surface area contributed by atoms with Crippen molar-refractivity contribution in [3.63, 3.8) is 0 Å². The quantitative estimate of drug-likeness (QED) is 0.636. The van der Waals surface area contributed by atoms with Crippen LogP contribution in [0, 0.1) is 5.92 Å². The van der Waals surface area contributed by atoms with Crippen LogP contribution in [0.5, 0.6) is 0 Å². The highest BCUT2D eigenvalue weighted by molar-refractivity contribution is 5.96. The Morgan fingerprint density at radius 2 is 2.12 bits per heavy atom. The van der Waals surface area contributed by atoms with Crippen molar-refractivity contribution in [1.82, 2.24) is 10.6 Å². The van der Waals surface area contributed by atoms with Gasteiger partial charge >= 0.3 is 12.0 Å². The third-order valence-corrected chi connectivity index (χ3v) is 3.95. The van der Waals surface area contributed by atoms with E-state index in [4.69, 9.17) is 9.15 Å². The number of carbonyl (C=O) groups is 3. The normalized spacial score (nSPS) is 20.5. The molecule has 1 aliphatic carbocycles. The molecule has 1 fully saturated rings. The van der Waals surface area contributed by atoms with Gasteiger partial charge in [-0.3, -0.25) is 10.1 Å². The van der Waals surface area contributed by atoms with E-state index in [0.717, 1.165) is 25.3 Å². The SMILES string of the molecule is C[C@H]1CCCC[C@@H]1NC(=O)NC(=O)COC(=O)/C=C/c1ccco1. The Morgan fingerprint density at radius 1 is 1.33 bits per heavy atom. The van der Waals surface area contributed by atoms with Crippen molar-refractivity contribution in [3.05, 3.63) is 30.2 Å². The van der Waals surface area contributed by atoms with Crippen molar-refractivity contribution in [1.29, 1.82) is 0 Å². The van der Waals surface area contributed by atoms with Gasteiger partial charge in [-0.05, 0) is 37.0 Å². The summed E-state index contributed by atoms with van der Waals surface area (Å²) in [5.74, 6) is -0.472. The third-order valence-electron chi connectivity index (χ3n) is 3.95. The summed E-state index contributed by atoms with van der Waals surface area (Å²) in [7, 11) is 0. The first-order valence-corrected chi connectivity index (χ1v) is 8.03. The van der Waals surface area contributed by atoms with Gasteiger partial charge in [-0.15, -0.1) is 0 Å². The van der Waals surface area contributed by atoms with Crippen LogP contribution < -0.4 is 10.6 Å². The number of carbonyl (C=O) groups excluding carboxylic acids is 3. The molecule has 0 aliphatic heterocycles. The fraction of sp³-hybridized carbons (Fsp3) is 0.471. The number of furan rings is 1. The van der Waals surface area contributed by atoms with E-state index >= 15 is 0 Å². The number of hydrogen-bond acceptors (Lipinski definition) is 5. The van der Waals surface area contributed by atoms with Crippen LogP contribution in [0.2, 0.25) is 0 Å². The highest BCUT2D eigenvalue weighted by Crippen LogP contribution is 2.23. The van der Waals surface area contributed by atoms with Crippen LogP contribution in [0.25, 0.3) is 6.08 Å². The van der Waals surface area contributed by atoms with Gasteiger partial charge in [0.15, 0.2) is 6.61 Å². The maximum atomic E-state index is 11.8. The minimum absolute atomic E-state index is 0.0744. The van der Waals surface area contributed by atoms with Crippen LogP contribution >= 0.6 is 0 Å². The molecule has 7 heteroatoms. The van der Waals surface area contributed by atoms with Crippen LogP contribution in [-0.4, -0.2) is 30.6 Å². The van der Waals surface area contributed by atoms with Crippen molar-refractivity contribution in [2.75, 3.05) is 6.61 Å². The molecular weight excluding hydrogens is 312 g/mol. The average molecular weight is 334 g/mol. The van der Waals surface area contributed by atoms with Gasteiger partial charge in [0.2, 0.25) is 0 Å². The van der Waals surface area contributed by atoms with Crippen LogP contribution in [0.3, 0.4) is 0 Å². The summed E-state index contributed by atoms with van der Waals surface area (Å²) >= 11 is 0. The van der Waals surface area contributed by atoms with Crippen LogP contribution in [-0.2, 0) is 14.3 Å².